The Labute approximate surface area is 110 Å². The minimum Gasteiger partial charge on any atom is -0.353 e. The second kappa shape index (κ2) is 4.78. The molecule has 3 N–H and O–H groups in total. The molecule has 3 aromatic rings. The van der Waals surface area contributed by atoms with Gasteiger partial charge in [-0.25, -0.2) is 4.98 Å². The summed E-state index contributed by atoms with van der Waals surface area (Å²) in [6.07, 6.45) is 2.40. The molecule has 2 heterocycles. The molecule has 0 radical (unpaired) electrons. The van der Waals surface area contributed by atoms with E-state index in [-0.39, 0.29) is 0 Å². The number of nitrogens with two attached hydrogens (primary N) is 1. The van der Waals surface area contributed by atoms with E-state index < -0.39 is 0 Å². The van der Waals surface area contributed by atoms with E-state index in [0.717, 1.165) is 16.9 Å². The van der Waals surface area contributed by atoms with E-state index in [9.17, 15) is 0 Å². The van der Waals surface area contributed by atoms with Gasteiger partial charge in [0.05, 0.1) is 11.9 Å². The number of benzene rings is 1. The normalized spacial score (nSPS) is 11.1. The van der Waals surface area contributed by atoms with Crippen molar-refractivity contribution >= 4 is 10.9 Å². The van der Waals surface area contributed by atoms with Crippen LogP contribution in [0.3, 0.4) is 0 Å². The fraction of sp³-hybridized carbons (Fsp3) is 0.214. The molecular formula is C14H15N5. The van der Waals surface area contributed by atoms with Crippen molar-refractivity contribution in [3.05, 3.63) is 41.9 Å². The van der Waals surface area contributed by atoms with Crippen molar-refractivity contribution in [3.8, 4) is 11.4 Å². The lowest BCUT2D eigenvalue weighted by atomic mass is 10.1. The molecule has 0 spiro atoms. The molecule has 0 aliphatic rings. The van der Waals surface area contributed by atoms with Gasteiger partial charge >= 0.3 is 0 Å². The van der Waals surface area contributed by atoms with Gasteiger partial charge in [-0.2, -0.15) is 0 Å². The number of hydrogen-bond acceptors (Lipinski definition) is 4. The molecule has 3 rings (SSSR count). The molecule has 96 valence electrons. The molecule has 19 heavy (non-hydrogen) atoms. The first-order valence-electron chi connectivity index (χ1n) is 6.26. The zero-order chi connectivity index (χ0) is 13.2. The maximum Gasteiger partial charge on any atom is 0.152 e. The molecule has 0 aliphatic heterocycles. The Morgan fingerprint density at radius 3 is 2.74 bits per heavy atom. The highest BCUT2D eigenvalue weighted by molar-refractivity contribution is 5.89. The van der Waals surface area contributed by atoms with Crippen LogP contribution in [-0.4, -0.2) is 26.7 Å². The molecule has 1 aromatic carbocycles. The molecule has 0 atom stereocenters. The highest BCUT2D eigenvalue weighted by Gasteiger charge is 2.11. The summed E-state index contributed by atoms with van der Waals surface area (Å²) in [6.45, 7) is 2.61. The number of H-pyrrole nitrogens is 1. The SMILES string of the molecule is Cc1c(-c2cnc(CCN)nn2)[nH]c2ccccc12. The van der Waals surface area contributed by atoms with E-state index in [1.807, 2.05) is 12.1 Å². The maximum atomic E-state index is 5.47. The summed E-state index contributed by atoms with van der Waals surface area (Å²) in [5, 5.41) is 9.52. The second-order valence-corrected chi connectivity index (χ2v) is 4.47. The van der Waals surface area contributed by atoms with Crippen LogP contribution in [0, 0.1) is 6.92 Å². The Hall–Kier alpha value is -2.27. The lowest BCUT2D eigenvalue weighted by Crippen LogP contribution is -2.07. The molecule has 0 bridgehead atoms. The molecular weight excluding hydrogens is 238 g/mol. The smallest absolute Gasteiger partial charge is 0.152 e. The van der Waals surface area contributed by atoms with Gasteiger partial charge in [0, 0.05) is 17.3 Å². The third-order valence-electron chi connectivity index (χ3n) is 3.20. The first-order valence-corrected chi connectivity index (χ1v) is 6.26. The number of nitrogens with zero attached hydrogens (tertiary/aromatic N) is 3. The highest BCUT2D eigenvalue weighted by Crippen LogP contribution is 2.27. The van der Waals surface area contributed by atoms with Crippen LogP contribution in [0.1, 0.15) is 11.4 Å². The number of aromatic nitrogens is 4. The van der Waals surface area contributed by atoms with Crippen LogP contribution in [0.2, 0.25) is 0 Å². The van der Waals surface area contributed by atoms with Gasteiger partial charge < -0.3 is 10.7 Å². The zero-order valence-electron chi connectivity index (χ0n) is 10.7. The summed E-state index contributed by atoms with van der Waals surface area (Å²) in [7, 11) is 0. The fourth-order valence-corrected chi connectivity index (χ4v) is 2.20. The minimum atomic E-state index is 0.534. The van der Waals surface area contributed by atoms with Crippen molar-refractivity contribution in [3.63, 3.8) is 0 Å². The van der Waals surface area contributed by atoms with Gasteiger partial charge in [0.1, 0.15) is 5.69 Å². The first kappa shape index (κ1) is 11.8. The van der Waals surface area contributed by atoms with Gasteiger partial charge in [-0.3, -0.25) is 0 Å². The number of nitrogens with one attached hydrogen (secondary N) is 1. The van der Waals surface area contributed by atoms with E-state index in [1.165, 1.54) is 10.9 Å². The van der Waals surface area contributed by atoms with Gasteiger partial charge in [0.25, 0.3) is 0 Å². The minimum absolute atomic E-state index is 0.534. The molecule has 2 aromatic heterocycles. The van der Waals surface area contributed by atoms with Crippen molar-refractivity contribution in [1.82, 2.24) is 20.2 Å². The Morgan fingerprint density at radius 2 is 2.05 bits per heavy atom. The lowest BCUT2D eigenvalue weighted by molar-refractivity contribution is 0.811. The van der Waals surface area contributed by atoms with Crippen LogP contribution < -0.4 is 5.73 Å². The lowest BCUT2D eigenvalue weighted by Gasteiger charge is -2.00. The van der Waals surface area contributed by atoms with E-state index in [1.54, 1.807) is 6.20 Å². The van der Waals surface area contributed by atoms with Crippen molar-refractivity contribution in [1.29, 1.82) is 0 Å². The predicted octanol–water partition coefficient (Wildman–Crippen LogP) is 1.83. The van der Waals surface area contributed by atoms with Gasteiger partial charge in [0.15, 0.2) is 5.82 Å². The number of para-hydroxylation sites is 1. The zero-order valence-corrected chi connectivity index (χ0v) is 10.7. The molecule has 0 saturated carbocycles. The van der Waals surface area contributed by atoms with Crippen LogP contribution >= 0.6 is 0 Å². The summed E-state index contributed by atoms with van der Waals surface area (Å²) in [5.41, 5.74) is 9.47. The molecule has 0 unspecified atom stereocenters. The van der Waals surface area contributed by atoms with Gasteiger partial charge in [-0.1, -0.05) is 18.2 Å². The Balaban J connectivity index is 2.06. The van der Waals surface area contributed by atoms with Gasteiger partial charge in [-0.05, 0) is 25.1 Å². The third kappa shape index (κ3) is 2.08. The number of aryl methyl sites for hydroxylation is 1. The molecule has 0 aliphatic carbocycles. The summed E-state index contributed by atoms with van der Waals surface area (Å²) < 4.78 is 0. The molecule has 5 heteroatoms. The van der Waals surface area contributed by atoms with E-state index >= 15 is 0 Å². The quantitative estimate of drug-likeness (QED) is 0.746. The van der Waals surface area contributed by atoms with Gasteiger partial charge in [0.2, 0.25) is 0 Å². The average Bonchev–Trinajstić information content (AvgIpc) is 2.78. The molecule has 0 fully saturated rings. The predicted molar refractivity (Wildman–Crippen MR) is 74.6 cm³/mol. The molecule has 0 saturated heterocycles. The van der Waals surface area contributed by atoms with E-state index in [4.69, 9.17) is 5.73 Å². The third-order valence-corrected chi connectivity index (χ3v) is 3.20. The summed E-state index contributed by atoms with van der Waals surface area (Å²) in [6, 6.07) is 8.18. The average molecular weight is 253 g/mol. The molecule has 5 nitrogen and oxygen atoms in total. The van der Waals surface area contributed by atoms with Crippen LogP contribution in [0.15, 0.2) is 30.5 Å². The van der Waals surface area contributed by atoms with Crippen molar-refractivity contribution in [2.45, 2.75) is 13.3 Å². The standard InChI is InChI=1S/C14H15N5/c1-9-10-4-2-3-5-11(10)17-14(9)12-8-16-13(6-7-15)19-18-12/h2-5,8,17H,6-7,15H2,1H3. The van der Waals surface area contributed by atoms with Crippen LogP contribution in [0.5, 0.6) is 0 Å². The van der Waals surface area contributed by atoms with E-state index in [2.05, 4.69) is 39.2 Å². The number of rotatable bonds is 3. The summed E-state index contributed by atoms with van der Waals surface area (Å²) in [5.74, 6) is 0.681. The van der Waals surface area contributed by atoms with Crippen molar-refractivity contribution in [2.75, 3.05) is 6.54 Å². The van der Waals surface area contributed by atoms with E-state index in [0.29, 0.717) is 18.8 Å². The van der Waals surface area contributed by atoms with Crippen LogP contribution in [-0.2, 0) is 6.42 Å². The topological polar surface area (TPSA) is 80.5 Å². The Bertz CT molecular complexity index is 699. The fourth-order valence-electron chi connectivity index (χ4n) is 2.20. The first-order chi connectivity index (χ1) is 9.29. The van der Waals surface area contributed by atoms with Crippen LogP contribution in [0.25, 0.3) is 22.3 Å². The van der Waals surface area contributed by atoms with Gasteiger partial charge in [-0.15, -0.1) is 10.2 Å². The summed E-state index contributed by atoms with van der Waals surface area (Å²) in [4.78, 5) is 7.65. The van der Waals surface area contributed by atoms with Crippen molar-refractivity contribution in [2.24, 2.45) is 5.73 Å². The second-order valence-electron chi connectivity index (χ2n) is 4.47. The Kier molecular flexibility index (Phi) is 2.97. The molecule has 0 amide bonds. The largest absolute Gasteiger partial charge is 0.353 e. The maximum absolute atomic E-state index is 5.47. The number of aromatic amines is 1. The Morgan fingerprint density at radius 1 is 1.21 bits per heavy atom. The van der Waals surface area contributed by atoms with Crippen molar-refractivity contribution < 1.29 is 0 Å². The number of fused-ring (bicyclic) bond motifs is 1. The summed E-state index contributed by atoms with van der Waals surface area (Å²) >= 11 is 0. The highest BCUT2D eigenvalue weighted by atomic mass is 15.2. The number of hydrogen-bond donors (Lipinski definition) is 2. The van der Waals surface area contributed by atoms with Crippen LogP contribution in [0.4, 0.5) is 0 Å². The monoisotopic (exact) mass is 253 g/mol.